The Bertz CT molecular complexity index is 348. The molecule has 1 rings (SSSR count). The molecule has 0 aliphatic rings. The Kier molecular flexibility index (Phi) is 6.47. The van der Waals surface area contributed by atoms with Crippen molar-refractivity contribution in [1.82, 2.24) is 9.97 Å². The molecule has 102 valence electrons. The summed E-state index contributed by atoms with van der Waals surface area (Å²) in [5.74, 6) is 1.81. The predicted octanol–water partition coefficient (Wildman–Crippen LogP) is 3.10. The van der Waals surface area contributed by atoms with Crippen molar-refractivity contribution in [2.24, 2.45) is 0 Å². The second-order valence-corrected chi connectivity index (χ2v) is 4.39. The lowest BCUT2D eigenvalue weighted by Gasteiger charge is -2.20. The fourth-order valence-corrected chi connectivity index (χ4v) is 1.86. The third-order valence-electron chi connectivity index (χ3n) is 2.88. The van der Waals surface area contributed by atoms with E-state index in [9.17, 15) is 0 Å². The lowest BCUT2D eigenvalue weighted by Crippen LogP contribution is -2.25. The van der Waals surface area contributed by atoms with E-state index in [2.05, 4.69) is 53.9 Å². The molecule has 0 saturated heterocycles. The van der Waals surface area contributed by atoms with Crippen LogP contribution in [0, 0.1) is 0 Å². The molecule has 0 unspecified atom stereocenters. The molecule has 0 amide bonds. The zero-order valence-electron chi connectivity index (χ0n) is 12.2. The van der Waals surface area contributed by atoms with Crippen LogP contribution in [0.25, 0.3) is 0 Å². The number of aryl methyl sites for hydroxylation is 1. The highest BCUT2D eigenvalue weighted by atomic mass is 15.3. The van der Waals surface area contributed by atoms with E-state index in [1.165, 1.54) is 0 Å². The molecular formula is C14H26N4. The largest absolute Gasteiger partial charge is 0.370 e. The molecule has 0 saturated carbocycles. The molecule has 4 nitrogen and oxygen atoms in total. The summed E-state index contributed by atoms with van der Waals surface area (Å²) in [5, 5.41) is 3.36. The van der Waals surface area contributed by atoms with Crippen LogP contribution >= 0.6 is 0 Å². The Morgan fingerprint density at radius 3 is 2.33 bits per heavy atom. The minimum atomic E-state index is 0.851. The van der Waals surface area contributed by atoms with Gasteiger partial charge in [0.1, 0.15) is 5.82 Å². The summed E-state index contributed by atoms with van der Waals surface area (Å²) < 4.78 is 0. The zero-order chi connectivity index (χ0) is 13.4. The van der Waals surface area contributed by atoms with Crippen LogP contribution in [0.5, 0.6) is 0 Å². The molecule has 0 spiro atoms. The molecule has 0 radical (unpaired) electrons. The lowest BCUT2D eigenvalue weighted by molar-refractivity contribution is 0.797. The number of nitrogens with zero attached hydrogens (tertiary/aromatic N) is 3. The van der Waals surface area contributed by atoms with Gasteiger partial charge in [0.15, 0.2) is 0 Å². The van der Waals surface area contributed by atoms with Crippen LogP contribution in [0.4, 0.5) is 11.8 Å². The molecule has 1 heterocycles. The Hall–Kier alpha value is -1.32. The molecule has 1 aromatic heterocycles. The molecule has 0 atom stereocenters. The minimum Gasteiger partial charge on any atom is -0.370 e. The number of aromatic nitrogens is 2. The van der Waals surface area contributed by atoms with Gasteiger partial charge in [-0.2, -0.15) is 4.98 Å². The first-order valence-corrected chi connectivity index (χ1v) is 7.11. The van der Waals surface area contributed by atoms with E-state index < -0.39 is 0 Å². The summed E-state index contributed by atoms with van der Waals surface area (Å²) >= 11 is 0. The van der Waals surface area contributed by atoms with Crippen LogP contribution in [-0.2, 0) is 6.42 Å². The lowest BCUT2D eigenvalue weighted by atomic mass is 10.2. The third-order valence-corrected chi connectivity index (χ3v) is 2.88. The fourth-order valence-electron chi connectivity index (χ4n) is 1.86. The van der Waals surface area contributed by atoms with Crippen LogP contribution in [0.1, 0.15) is 46.2 Å². The van der Waals surface area contributed by atoms with E-state index in [1.54, 1.807) is 0 Å². The van der Waals surface area contributed by atoms with Crippen LogP contribution in [-0.4, -0.2) is 29.6 Å². The Morgan fingerprint density at radius 2 is 1.78 bits per heavy atom. The normalized spacial score (nSPS) is 10.4. The highest BCUT2D eigenvalue weighted by molar-refractivity contribution is 5.43. The van der Waals surface area contributed by atoms with Crippen molar-refractivity contribution >= 4 is 11.8 Å². The number of hydrogen-bond acceptors (Lipinski definition) is 4. The van der Waals surface area contributed by atoms with Gasteiger partial charge in [-0.05, 0) is 26.7 Å². The fraction of sp³-hybridized carbons (Fsp3) is 0.714. The van der Waals surface area contributed by atoms with Gasteiger partial charge in [0.2, 0.25) is 5.95 Å². The SMILES string of the molecule is CCCNc1cc(CCC)nc(N(CC)CC)n1. The van der Waals surface area contributed by atoms with E-state index >= 15 is 0 Å². The molecule has 0 aromatic carbocycles. The maximum Gasteiger partial charge on any atom is 0.227 e. The molecule has 1 aromatic rings. The average molecular weight is 250 g/mol. The van der Waals surface area contributed by atoms with Crippen molar-refractivity contribution in [3.8, 4) is 0 Å². The Morgan fingerprint density at radius 1 is 1.06 bits per heavy atom. The minimum absolute atomic E-state index is 0.851. The van der Waals surface area contributed by atoms with Gasteiger partial charge < -0.3 is 10.2 Å². The molecule has 18 heavy (non-hydrogen) atoms. The van der Waals surface area contributed by atoms with Crippen molar-refractivity contribution in [3.05, 3.63) is 11.8 Å². The van der Waals surface area contributed by atoms with Gasteiger partial charge in [-0.15, -0.1) is 0 Å². The van der Waals surface area contributed by atoms with Gasteiger partial charge in [-0.25, -0.2) is 4.98 Å². The Balaban J connectivity index is 2.96. The second-order valence-electron chi connectivity index (χ2n) is 4.39. The van der Waals surface area contributed by atoms with Crippen LogP contribution in [0.2, 0.25) is 0 Å². The van der Waals surface area contributed by atoms with Crippen molar-refractivity contribution < 1.29 is 0 Å². The molecule has 0 fully saturated rings. The van der Waals surface area contributed by atoms with Gasteiger partial charge in [-0.1, -0.05) is 20.3 Å². The smallest absolute Gasteiger partial charge is 0.227 e. The van der Waals surface area contributed by atoms with E-state index in [-0.39, 0.29) is 0 Å². The first kappa shape index (κ1) is 14.7. The van der Waals surface area contributed by atoms with Crippen molar-refractivity contribution in [3.63, 3.8) is 0 Å². The van der Waals surface area contributed by atoms with Crippen LogP contribution < -0.4 is 10.2 Å². The topological polar surface area (TPSA) is 41.1 Å². The highest BCUT2D eigenvalue weighted by Crippen LogP contribution is 2.15. The predicted molar refractivity (Wildman–Crippen MR) is 78.4 cm³/mol. The quantitative estimate of drug-likeness (QED) is 0.769. The standard InChI is InChI=1S/C14H26N4/c1-5-9-12-11-13(15-10-6-2)17-14(16-12)18(7-3)8-4/h11H,5-10H2,1-4H3,(H,15,16,17). The molecule has 1 N–H and O–H groups in total. The van der Waals surface area contributed by atoms with Gasteiger partial charge in [0, 0.05) is 31.4 Å². The summed E-state index contributed by atoms with van der Waals surface area (Å²) in [7, 11) is 0. The summed E-state index contributed by atoms with van der Waals surface area (Å²) in [6.07, 6.45) is 3.23. The summed E-state index contributed by atoms with van der Waals surface area (Å²) in [6, 6.07) is 2.08. The van der Waals surface area contributed by atoms with Crippen molar-refractivity contribution in [2.75, 3.05) is 29.9 Å². The number of anilines is 2. The average Bonchev–Trinajstić information content (AvgIpc) is 2.38. The summed E-state index contributed by atoms with van der Waals surface area (Å²) in [6.45, 7) is 11.5. The van der Waals surface area contributed by atoms with Crippen LogP contribution in [0.15, 0.2) is 6.07 Å². The highest BCUT2D eigenvalue weighted by Gasteiger charge is 2.09. The van der Waals surface area contributed by atoms with Gasteiger partial charge in [-0.3, -0.25) is 0 Å². The molecule has 0 aliphatic heterocycles. The van der Waals surface area contributed by atoms with E-state index in [1.807, 2.05) is 0 Å². The molecule has 0 bridgehead atoms. The van der Waals surface area contributed by atoms with Crippen LogP contribution in [0.3, 0.4) is 0 Å². The maximum atomic E-state index is 4.65. The maximum absolute atomic E-state index is 4.65. The zero-order valence-corrected chi connectivity index (χ0v) is 12.2. The number of rotatable bonds is 8. The number of nitrogens with one attached hydrogen (secondary N) is 1. The van der Waals surface area contributed by atoms with Gasteiger partial charge in [0.05, 0.1) is 0 Å². The summed E-state index contributed by atoms with van der Waals surface area (Å²) in [4.78, 5) is 11.4. The Labute approximate surface area is 111 Å². The van der Waals surface area contributed by atoms with Gasteiger partial charge in [0.25, 0.3) is 0 Å². The monoisotopic (exact) mass is 250 g/mol. The molecule has 0 aliphatic carbocycles. The van der Waals surface area contributed by atoms with E-state index in [0.717, 1.165) is 56.4 Å². The number of hydrogen-bond donors (Lipinski definition) is 1. The second kappa shape index (κ2) is 7.90. The van der Waals surface area contributed by atoms with E-state index in [0.29, 0.717) is 0 Å². The van der Waals surface area contributed by atoms with E-state index in [4.69, 9.17) is 0 Å². The van der Waals surface area contributed by atoms with Gasteiger partial charge >= 0.3 is 0 Å². The summed E-state index contributed by atoms with van der Waals surface area (Å²) in [5.41, 5.74) is 1.13. The first-order valence-electron chi connectivity index (χ1n) is 7.11. The third kappa shape index (κ3) is 4.17. The first-order chi connectivity index (χ1) is 8.74. The molecule has 4 heteroatoms. The van der Waals surface area contributed by atoms with Crippen molar-refractivity contribution in [2.45, 2.75) is 47.0 Å². The van der Waals surface area contributed by atoms with Crippen molar-refractivity contribution in [1.29, 1.82) is 0 Å². The molecular weight excluding hydrogens is 224 g/mol.